The zero-order valence-electron chi connectivity index (χ0n) is 9.77. The predicted molar refractivity (Wildman–Crippen MR) is 57.8 cm³/mol. The highest BCUT2D eigenvalue weighted by molar-refractivity contribution is 5.60. The van der Waals surface area contributed by atoms with Crippen LogP contribution < -0.4 is 33.9 Å². The molecule has 0 atom stereocenters. The van der Waals surface area contributed by atoms with Gasteiger partial charge in [0.1, 0.15) is 14.1 Å². The lowest BCUT2D eigenvalue weighted by molar-refractivity contribution is -0.671. The molecule has 2 rings (SSSR count). The molecule has 17 heavy (non-hydrogen) atoms. The van der Waals surface area contributed by atoms with Gasteiger partial charge in [-0.1, -0.05) is 0 Å². The second-order valence-corrected chi connectivity index (χ2v) is 3.50. The molecule has 5 heteroatoms. The number of aromatic nitrogens is 2. The van der Waals surface area contributed by atoms with E-state index in [9.17, 15) is 0 Å². The Bertz CT molecular complexity index is 386. The Morgan fingerprint density at radius 3 is 1.12 bits per heavy atom. The summed E-state index contributed by atoms with van der Waals surface area (Å²) < 4.78 is 4.07. The number of pyridine rings is 2. The molecule has 0 aliphatic rings. The number of nitrogens with zero attached hydrogens (tertiary/aromatic N) is 2. The molecule has 0 saturated carbocycles. The van der Waals surface area contributed by atoms with E-state index in [0.717, 1.165) is 0 Å². The van der Waals surface area contributed by atoms with Gasteiger partial charge in [0.25, 0.3) is 0 Å². The molecule has 0 bridgehead atoms. The van der Waals surface area contributed by atoms with Gasteiger partial charge in [0, 0.05) is 24.3 Å². The van der Waals surface area contributed by atoms with Gasteiger partial charge in [-0.15, -0.1) is 0 Å². The van der Waals surface area contributed by atoms with Crippen molar-refractivity contribution in [1.82, 2.24) is 0 Å². The first-order valence-corrected chi connectivity index (χ1v) is 4.67. The van der Waals surface area contributed by atoms with E-state index in [1.165, 1.54) is 11.1 Å². The third kappa shape index (κ3) is 4.69. The minimum atomic E-state index is 0. The van der Waals surface area contributed by atoms with Crippen molar-refractivity contribution in [3.63, 3.8) is 0 Å². The lowest BCUT2D eigenvalue weighted by Gasteiger charge is -1.97. The van der Waals surface area contributed by atoms with Gasteiger partial charge >= 0.3 is 0 Å². The van der Waals surface area contributed by atoms with Crippen molar-refractivity contribution in [2.75, 3.05) is 0 Å². The van der Waals surface area contributed by atoms with Crippen molar-refractivity contribution in [3.05, 3.63) is 49.1 Å². The highest BCUT2D eigenvalue weighted by Gasteiger charge is 2.00. The van der Waals surface area contributed by atoms with E-state index in [2.05, 4.69) is 49.1 Å². The Balaban J connectivity index is 0. The van der Waals surface area contributed by atoms with E-state index in [4.69, 9.17) is 0 Å². The predicted octanol–water partition coefficient (Wildman–Crippen LogP) is -5.81. The molecule has 2 aromatic rings. The number of hydrogen-bond donors (Lipinski definition) is 0. The van der Waals surface area contributed by atoms with Gasteiger partial charge in [-0.2, -0.15) is 0 Å². The van der Waals surface area contributed by atoms with Crippen LogP contribution in [0, 0.1) is 0 Å². The van der Waals surface area contributed by atoms with E-state index in [1.807, 2.05) is 23.2 Å². The van der Waals surface area contributed by atoms with Crippen LogP contribution in [0.5, 0.6) is 0 Å². The fraction of sp³-hybridized carbons (Fsp3) is 0.167. The molecule has 94 valence electrons. The van der Waals surface area contributed by atoms with E-state index in [-0.39, 0.29) is 30.3 Å². The summed E-state index contributed by atoms with van der Waals surface area (Å²) >= 11 is 0. The van der Waals surface area contributed by atoms with Crippen LogP contribution >= 0.6 is 0 Å². The second kappa shape index (κ2) is 8.01. The van der Waals surface area contributed by atoms with Gasteiger partial charge in [-0.3, -0.25) is 0 Å². The number of halogens is 2. The number of rotatable bonds is 1. The summed E-state index contributed by atoms with van der Waals surface area (Å²) in [7, 11) is 4.05. The largest absolute Gasteiger partial charge is 1.00 e. The van der Waals surface area contributed by atoms with Crippen molar-refractivity contribution in [2.45, 2.75) is 0 Å². The minimum absolute atomic E-state index is 0. The zero-order valence-corrected chi connectivity index (χ0v) is 11.3. The normalized spacial score (nSPS) is 8.35. The van der Waals surface area contributed by atoms with E-state index < -0.39 is 0 Å². The molecule has 3 nitrogen and oxygen atoms in total. The topological polar surface area (TPSA) is 39.3 Å². The Kier molecular flexibility index (Phi) is 8.58. The molecule has 0 aromatic carbocycles. The quantitative estimate of drug-likeness (QED) is 0.465. The monoisotopic (exact) mass is 274 g/mol. The average molecular weight is 275 g/mol. The summed E-state index contributed by atoms with van der Waals surface area (Å²) in [6.07, 6.45) is 8.23. The molecule has 0 fully saturated rings. The fourth-order valence-electron chi connectivity index (χ4n) is 1.39. The Labute approximate surface area is 114 Å². The van der Waals surface area contributed by atoms with E-state index >= 15 is 0 Å². The standard InChI is InChI=1S/C12H14N2.2ClH.H2O/c1-13-7-3-11(4-8-13)12-5-9-14(2)10-6-12;;;/h3-10H,1-2H3;2*1H;1H2/q+2;;;/p-2. The van der Waals surface area contributed by atoms with Crippen LogP contribution in [0.4, 0.5) is 0 Å². The first kappa shape index (κ1) is 18.2. The molecule has 2 aromatic heterocycles. The van der Waals surface area contributed by atoms with Crippen LogP contribution in [0.2, 0.25) is 0 Å². The average Bonchev–Trinajstić information content (AvgIpc) is 2.21. The molecule has 0 aliphatic carbocycles. The van der Waals surface area contributed by atoms with Crippen molar-refractivity contribution in [3.8, 4) is 11.1 Å². The first-order chi connectivity index (χ1) is 6.75. The molecule has 2 heterocycles. The summed E-state index contributed by atoms with van der Waals surface area (Å²) in [5.74, 6) is 0. The minimum Gasteiger partial charge on any atom is -1.00 e. The molecule has 0 radical (unpaired) electrons. The lowest BCUT2D eigenvalue weighted by atomic mass is 10.1. The molecular formula is C12H16Cl2N2O. The second-order valence-electron chi connectivity index (χ2n) is 3.50. The number of hydrogen-bond acceptors (Lipinski definition) is 0. The van der Waals surface area contributed by atoms with Gasteiger partial charge in [0.2, 0.25) is 0 Å². The first-order valence-electron chi connectivity index (χ1n) is 4.67. The zero-order chi connectivity index (χ0) is 9.97. The maximum Gasteiger partial charge on any atom is 0.169 e. The fourth-order valence-corrected chi connectivity index (χ4v) is 1.39. The number of aryl methyl sites for hydroxylation is 2. The summed E-state index contributed by atoms with van der Waals surface area (Å²) in [6, 6.07) is 8.48. The van der Waals surface area contributed by atoms with Gasteiger partial charge in [-0.25, -0.2) is 9.13 Å². The highest BCUT2D eigenvalue weighted by atomic mass is 35.5. The molecular weight excluding hydrogens is 259 g/mol. The van der Waals surface area contributed by atoms with Crippen LogP contribution in [0.25, 0.3) is 11.1 Å². The van der Waals surface area contributed by atoms with Crippen LogP contribution in [0.1, 0.15) is 0 Å². The van der Waals surface area contributed by atoms with Crippen molar-refractivity contribution in [1.29, 1.82) is 0 Å². The summed E-state index contributed by atoms with van der Waals surface area (Å²) in [6.45, 7) is 0. The molecule has 0 amide bonds. The smallest absolute Gasteiger partial charge is 0.169 e. The summed E-state index contributed by atoms with van der Waals surface area (Å²) in [5.41, 5.74) is 2.51. The Morgan fingerprint density at radius 1 is 0.647 bits per heavy atom. The van der Waals surface area contributed by atoms with Crippen LogP contribution in [0.3, 0.4) is 0 Å². The van der Waals surface area contributed by atoms with Crippen molar-refractivity contribution in [2.24, 2.45) is 14.1 Å². The maximum absolute atomic E-state index is 2.12. The Morgan fingerprint density at radius 2 is 0.882 bits per heavy atom. The summed E-state index contributed by atoms with van der Waals surface area (Å²) in [4.78, 5) is 0. The van der Waals surface area contributed by atoms with Gasteiger partial charge in [0.15, 0.2) is 24.8 Å². The highest BCUT2D eigenvalue weighted by Crippen LogP contribution is 2.14. The molecule has 0 spiro atoms. The molecule has 0 saturated heterocycles. The van der Waals surface area contributed by atoms with E-state index in [1.54, 1.807) is 0 Å². The Hall–Kier alpha value is -1.16. The van der Waals surface area contributed by atoms with Gasteiger partial charge in [-0.05, 0) is 11.1 Å². The van der Waals surface area contributed by atoms with Crippen LogP contribution in [0.15, 0.2) is 49.1 Å². The van der Waals surface area contributed by atoms with Crippen LogP contribution in [-0.2, 0) is 14.1 Å². The molecule has 2 N–H and O–H groups in total. The SMILES string of the molecule is C[n+]1ccc(-c2cc[n+](C)cc2)cc1.O.[Cl-].[Cl-]. The molecule has 0 aliphatic heterocycles. The molecule has 0 unspecified atom stereocenters. The maximum atomic E-state index is 2.12. The van der Waals surface area contributed by atoms with Crippen LogP contribution in [-0.4, -0.2) is 5.48 Å². The van der Waals surface area contributed by atoms with Crippen molar-refractivity contribution < 1.29 is 39.4 Å². The summed E-state index contributed by atoms with van der Waals surface area (Å²) in [5, 5.41) is 0. The third-order valence-corrected chi connectivity index (χ3v) is 2.29. The van der Waals surface area contributed by atoms with Crippen molar-refractivity contribution >= 4 is 0 Å². The van der Waals surface area contributed by atoms with E-state index in [0.29, 0.717) is 0 Å². The van der Waals surface area contributed by atoms with Gasteiger partial charge < -0.3 is 30.3 Å². The van der Waals surface area contributed by atoms with Gasteiger partial charge in [0.05, 0.1) is 0 Å². The third-order valence-electron chi connectivity index (χ3n) is 2.29. The lowest BCUT2D eigenvalue weighted by Crippen LogP contribution is -3.00.